The summed E-state index contributed by atoms with van der Waals surface area (Å²) in [6.07, 6.45) is -15.4. The molecule has 2 aliphatic heterocycles. The zero-order valence-electron chi connectivity index (χ0n) is 36.9. The fourth-order valence-electron chi connectivity index (χ4n) is 7.17. The molecule has 3 heterocycles. The molecule has 0 saturated carbocycles. The van der Waals surface area contributed by atoms with Gasteiger partial charge in [0.25, 0.3) is 0 Å². The first-order valence-electron chi connectivity index (χ1n) is 19.8. The third-order valence-corrected chi connectivity index (χ3v) is 9.52. The zero-order chi connectivity index (χ0) is 47.9. The number of ether oxygens (including phenoxy) is 13. The minimum absolute atomic E-state index is 0.0829. The summed E-state index contributed by atoms with van der Waals surface area (Å²) in [6.45, 7) is 8.20. The second-order valence-corrected chi connectivity index (χ2v) is 14.6. The second-order valence-electron chi connectivity index (χ2n) is 14.6. The molecule has 65 heavy (non-hydrogen) atoms. The van der Waals surface area contributed by atoms with Gasteiger partial charge in [-0.1, -0.05) is 0 Å². The van der Waals surface area contributed by atoms with Crippen molar-refractivity contribution >= 4 is 52.8 Å². The number of carbonyl (C=O) groups is 7. The van der Waals surface area contributed by atoms with Gasteiger partial charge in [-0.25, -0.2) is 0 Å². The summed E-state index contributed by atoms with van der Waals surface area (Å²) in [5.74, 6) is -6.61. The zero-order valence-corrected chi connectivity index (χ0v) is 36.9. The molecule has 2 aromatic carbocycles. The fraction of sp³-hybridized carbons (Fsp3) is 0.488. The smallest absolute Gasteiger partial charge is 0.308 e. The van der Waals surface area contributed by atoms with Crippen LogP contribution in [0.5, 0.6) is 23.0 Å². The monoisotopic (exact) mass is 916 g/mol. The van der Waals surface area contributed by atoms with E-state index in [1.807, 2.05) is 0 Å². The highest BCUT2D eigenvalue weighted by Gasteiger charge is 2.55. The molecule has 10 unspecified atom stereocenters. The van der Waals surface area contributed by atoms with E-state index < -0.39 is 121 Å². The molecule has 10 atom stereocenters. The summed E-state index contributed by atoms with van der Waals surface area (Å²) in [5.41, 5.74) is -0.374. The maximum Gasteiger partial charge on any atom is 0.308 e. The van der Waals surface area contributed by atoms with Crippen LogP contribution in [-0.4, -0.2) is 124 Å². The van der Waals surface area contributed by atoms with Crippen LogP contribution in [0.4, 0.5) is 0 Å². The first-order chi connectivity index (χ1) is 30.7. The molecular formula is C43H48O22. The largest absolute Gasteiger partial charge is 0.497 e. The Morgan fingerprint density at radius 3 is 1.60 bits per heavy atom. The Kier molecular flexibility index (Phi) is 16.1. The summed E-state index contributed by atoms with van der Waals surface area (Å²) < 4.78 is 80.4. The summed E-state index contributed by atoms with van der Waals surface area (Å²) in [6, 6.07) is 8.94. The molecule has 0 aliphatic carbocycles. The maximum atomic E-state index is 13.8. The highest BCUT2D eigenvalue weighted by Crippen LogP contribution is 2.45. The fourth-order valence-corrected chi connectivity index (χ4v) is 7.17. The van der Waals surface area contributed by atoms with E-state index in [0.29, 0.717) is 11.3 Å². The average Bonchev–Trinajstić information content (AvgIpc) is 3.20. The van der Waals surface area contributed by atoms with Crippen LogP contribution in [0.1, 0.15) is 55.4 Å². The van der Waals surface area contributed by atoms with Crippen molar-refractivity contribution in [3.63, 3.8) is 0 Å². The maximum absolute atomic E-state index is 13.8. The van der Waals surface area contributed by atoms with E-state index in [4.69, 9.17) is 66.0 Å². The number of rotatable bonds is 15. The molecular weight excluding hydrogens is 868 g/mol. The Balaban J connectivity index is 1.63. The number of esters is 7. The van der Waals surface area contributed by atoms with Gasteiger partial charge in [0, 0.05) is 66.2 Å². The van der Waals surface area contributed by atoms with E-state index in [9.17, 15) is 38.4 Å². The minimum atomic E-state index is -1.85. The van der Waals surface area contributed by atoms with Crippen molar-refractivity contribution in [3.05, 3.63) is 46.6 Å². The first-order valence-corrected chi connectivity index (χ1v) is 19.8. The van der Waals surface area contributed by atoms with E-state index in [-0.39, 0.29) is 28.2 Å². The van der Waals surface area contributed by atoms with Crippen LogP contribution in [-0.2, 0) is 76.2 Å². The molecule has 2 fully saturated rings. The third-order valence-electron chi connectivity index (χ3n) is 9.52. The highest BCUT2D eigenvalue weighted by atomic mass is 16.8. The van der Waals surface area contributed by atoms with E-state index in [2.05, 4.69) is 0 Å². The van der Waals surface area contributed by atoms with Crippen LogP contribution in [0.3, 0.4) is 0 Å². The molecule has 2 aliphatic rings. The van der Waals surface area contributed by atoms with Crippen LogP contribution in [0.2, 0.25) is 0 Å². The molecule has 0 radical (unpaired) electrons. The van der Waals surface area contributed by atoms with Gasteiger partial charge in [-0.2, -0.15) is 0 Å². The van der Waals surface area contributed by atoms with Gasteiger partial charge in [-0.3, -0.25) is 38.4 Å². The van der Waals surface area contributed by atoms with Crippen molar-refractivity contribution < 1.29 is 99.6 Å². The number of fused-ring (bicyclic) bond motifs is 1. The number of carbonyl (C=O) groups excluding carboxylic acids is 7. The molecule has 0 N–H and O–H groups in total. The van der Waals surface area contributed by atoms with E-state index in [1.165, 1.54) is 33.3 Å². The van der Waals surface area contributed by atoms with Gasteiger partial charge in [0.15, 0.2) is 53.7 Å². The van der Waals surface area contributed by atoms with Crippen molar-refractivity contribution in [1.29, 1.82) is 0 Å². The summed E-state index contributed by atoms with van der Waals surface area (Å²) in [5, 5.41) is -0.228. The number of methoxy groups -OCH3 is 2. The Bertz CT molecular complexity index is 2340. The lowest BCUT2D eigenvalue weighted by atomic mass is 9.97. The lowest BCUT2D eigenvalue weighted by Gasteiger charge is -2.46. The Morgan fingerprint density at radius 1 is 0.569 bits per heavy atom. The van der Waals surface area contributed by atoms with Gasteiger partial charge in [0.1, 0.15) is 28.6 Å². The highest BCUT2D eigenvalue weighted by molar-refractivity contribution is 5.92. The van der Waals surface area contributed by atoms with Crippen LogP contribution < -0.4 is 24.4 Å². The first kappa shape index (κ1) is 49.2. The van der Waals surface area contributed by atoms with Crippen LogP contribution in [0, 0.1) is 0 Å². The summed E-state index contributed by atoms with van der Waals surface area (Å²) in [4.78, 5) is 101. The van der Waals surface area contributed by atoms with Crippen LogP contribution in [0.25, 0.3) is 22.3 Å². The van der Waals surface area contributed by atoms with Crippen LogP contribution >= 0.6 is 0 Å². The van der Waals surface area contributed by atoms with E-state index in [0.717, 1.165) is 48.5 Å². The normalized spacial score (nSPS) is 25.0. The van der Waals surface area contributed by atoms with Gasteiger partial charge in [0.05, 0.1) is 26.9 Å². The molecule has 3 aromatic rings. The van der Waals surface area contributed by atoms with Crippen molar-refractivity contribution in [3.8, 4) is 34.3 Å². The Morgan fingerprint density at radius 2 is 1.08 bits per heavy atom. The van der Waals surface area contributed by atoms with Gasteiger partial charge >= 0.3 is 41.8 Å². The topological polar surface area (TPSA) is 270 Å². The molecule has 22 heteroatoms. The number of hydrogen-bond acceptors (Lipinski definition) is 22. The summed E-state index contributed by atoms with van der Waals surface area (Å²) in [7, 11) is 2.66. The lowest BCUT2D eigenvalue weighted by Crippen LogP contribution is -2.64. The number of benzene rings is 2. The third kappa shape index (κ3) is 12.1. The molecule has 22 nitrogen and oxygen atoms in total. The predicted octanol–water partition coefficient (Wildman–Crippen LogP) is 2.86. The molecule has 0 spiro atoms. The minimum Gasteiger partial charge on any atom is -0.497 e. The second kappa shape index (κ2) is 21.3. The van der Waals surface area contributed by atoms with Crippen molar-refractivity contribution in [2.45, 2.75) is 117 Å². The van der Waals surface area contributed by atoms with Gasteiger partial charge < -0.3 is 66.0 Å². The molecule has 352 valence electrons. The molecule has 2 saturated heterocycles. The van der Waals surface area contributed by atoms with Crippen molar-refractivity contribution in [2.75, 3.05) is 20.8 Å². The molecule has 0 amide bonds. The lowest BCUT2D eigenvalue weighted by molar-refractivity contribution is -0.323. The van der Waals surface area contributed by atoms with Gasteiger partial charge in [0.2, 0.25) is 18.1 Å². The molecule has 1 aromatic heterocycles. The quantitative estimate of drug-likeness (QED) is 0.120. The van der Waals surface area contributed by atoms with Crippen molar-refractivity contribution in [2.24, 2.45) is 0 Å². The summed E-state index contributed by atoms with van der Waals surface area (Å²) >= 11 is 0. The van der Waals surface area contributed by atoms with Crippen LogP contribution in [0.15, 0.2) is 45.6 Å². The van der Waals surface area contributed by atoms with Crippen molar-refractivity contribution in [1.82, 2.24) is 0 Å². The van der Waals surface area contributed by atoms with Gasteiger partial charge in [-0.15, -0.1) is 0 Å². The SMILES string of the molecule is COc1ccc(-c2cc(=O)c3c(OC(C)=O)c(OC)c(OC4OC(COC5OC(C)C(OC(C)=O)C(OC(C)=O)C5OC(C)=O)C(OC(C)=O)C(OC(C)=O)C4OC(C)=O)cc3o2)cc1. The molecule has 0 bridgehead atoms. The Hall–Kier alpha value is -6.78. The predicted molar refractivity (Wildman–Crippen MR) is 215 cm³/mol. The van der Waals surface area contributed by atoms with E-state index in [1.54, 1.807) is 24.3 Å². The standard InChI is InChI=1S/C43H48O22/c1-18-34(56-19(2)44)38(59-22(5)47)40(61-24(7)49)42(55-18)54-17-32-36(57-20(3)45)39(60-23(6)48)41(62-25(8)50)43(65-32)64-31-16-30-33(37(35(31)53-10)58-21(4)46)28(51)15-29(63-30)26-11-13-27(52-9)14-12-26/h11-16,18,32,34,36,38-43H,17H2,1-10H3. The van der Waals surface area contributed by atoms with Gasteiger partial charge in [-0.05, 0) is 31.2 Å². The number of hydrogen-bond donors (Lipinski definition) is 0. The Labute approximate surface area is 370 Å². The van der Waals surface area contributed by atoms with E-state index >= 15 is 0 Å². The average molecular weight is 917 g/mol. The molecule has 5 rings (SSSR count).